The van der Waals surface area contributed by atoms with Crippen LogP contribution in [0.3, 0.4) is 0 Å². The standard InChI is InChI=1S/C20H18ClN3O5/c1-3-10-22(11-4-2)20(27)18(23-13-15(21)8-9-17(23)25)19(26)14-6-5-7-16(12-14)24(28)29/h3-9,12-13,18H,1-2,10-11H2/t18-/m1/s1. The molecule has 0 aliphatic heterocycles. The minimum absolute atomic E-state index is 0.0819. The number of carbonyl (C=O) groups excluding carboxylic acids is 2. The van der Waals surface area contributed by atoms with Crippen molar-refractivity contribution in [1.29, 1.82) is 0 Å². The van der Waals surface area contributed by atoms with Gasteiger partial charge in [0.05, 0.1) is 9.95 Å². The van der Waals surface area contributed by atoms with Crippen LogP contribution < -0.4 is 5.56 Å². The van der Waals surface area contributed by atoms with Crippen molar-refractivity contribution in [3.8, 4) is 0 Å². The van der Waals surface area contributed by atoms with Crippen LogP contribution in [0.15, 0.2) is 72.7 Å². The Morgan fingerprint density at radius 2 is 1.86 bits per heavy atom. The van der Waals surface area contributed by atoms with Gasteiger partial charge in [-0.15, -0.1) is 13.2 Å². The van der Waals surface area contributed by atoms with Crippen molar-refractivity contribution < 1.29 is 14.5 Å². The number of amides is 1. The third-order valence-electron chi connectivity index (χ3n) is 4.01. The SMILES string of the molecule is C=CCN(CC=C)C(=O)[C@@H](C(=O)c1cccc([N+](=O)[O-])c1)n1cc(Cl)ccc1=O. The van der Waals surface area contributed by atoms with Gasteiger partial charge in [0.2, 0.25) is 0 Å². The number of nitro benzene ring substituents is 1. The van der Waals surface area contributed by atoms with Crippen LogP contribution in [0.2, 0.25) is 5.02 Å². The third-order valence-corrected chi connectivity index (χ3v) is 4.24. The van der Waals surface area contributed by atoms with Crippen molar-refractivity contribution in [2.75, 3.05) is 13.1 Å². The Balaban J connectivity index is 2.63. The second-order valence-corrected chi connectivity index (χ2v) is 6.42. The van der Waals surface area contributed by atoms with Crippen LogP contribution in [-0.2, 0) is 4.79 Å². The third kappa shape index (κ3) is 5.05. The van der Waals surface area contributed by atoms with Gasteiger partial charge in [0.25, 0.3) is 17.2 Å². The smallest absolute Gasteiger partial charge is 0.270 e. The van der Waals surface area contributed by atoms with E-state index in [2.05, 4.69) is 13.2 Å². The fourth-order valence-corrected chi connectivity index (χ4v) is 2.87. The molecule has 0 aliphatic carbocycles. The lowest BCUT2D eigenvalue weighted by atomic mass is 10.0. The van der Waals surface area contributed by atoms with Gasteiger partial charge in [0, 0.05) is 43.0 Å². The summed E-state index contributed by atoms with van der Waals surface area (Å²) >= 11 is 5.97. The number of hydrogen-bond acceptors (Lipinski definition) is 5. The van der Waals surface area contributed by atoms with Crippen molar-refractivity contribution in [2.24, 2.45) is 0 Å². The number of Topliss-reactive ketones (excluding diaryl/α,β-unsaturated/α-hetero) is 1. The number of benzene rings is 1. The van der Waals surface area contributed by atoms with Gasteiger partial charge in [-0.1, -0.05) is 35.9 Å². The zero-order valence-electron chi connectivity index (χ0n) is 15.4. The van der Waals surface area contributed by atoms with E-state index in [1.807, 2.05) is 0 Å². The molecule has 0 spiro atoms. The summed E-state index contributed by atoms with van der Waals surface area (Å²) < 4.78 is 0.922. The molecule has 2 aromatic rings. The predicted molar refractivity (Wildman–Crippen MR) is 109 cm³/mol. The Bertz CT molecular complexity index is 1020. The predicted octanol–water partition coefficient (Wildman–Crippen LogP) is 3.03. The highest BCUT2D eigenvalue weighted by molar-refractivity contribution is 6.30. The molecule has 0 N–H and O–H groups in total. The molecule has 2 rings (SSSR count). The molecule has 0 unspecified atom stereocenters. The van der Waals surface area contributed by atoms with Gasteiger partial charge >= 0.3 is 0 Å². The van der Waals surface area contributed by atoms with E-state index >= 15 is 0 Å². The van der Waals surface area contributed by atoms with Gasteiger partial charge in [-0.3, -0.25) is 29.1 Å². The van der Waals surface area contributed by atoms with E-state index in [9.17, 15) is 24.5 Å². The number of ketones is 1. The molecule has 0 fully saturated rings. The van der Waals surface area contributed by atoms with Crippen molar-refractivity contribution in [3.63, 3.8) is 0 Å². The van der Waals surface area contributed by atoms with Crippen molar-refractivity contribution >= 4 is 29.0 Å². The quantitative estimate of drug-likeness (QED) is 0.206. The molecule has 150 valence electrons. The molecule has 1 amide bonds. The van der Waals surface area contributed by atoms with E-state index in [0.717, 1.165) is 16.7 Å². The summed E-state index contributed by atoms with van der Waals surface area (Å²) in [6.45, 7) is 7.39. The average molecular weight is 416 g/mol. The van der Waals surface area contributed by atoms with Crippen molar-refractivity contribution in [2.45, 2.75) is 6.04 Å². The van der Waals surface area contributed by atoms with E-state index in [1.165, 1.54) is 47.5 Å². The molecular weight excluding hydrogens is 398 g/mol. The van der Waals surface area contributed by atoms with Crippen LogP contribution in [0.1, 0.15) is 16.4 Å². The Hall–Kier alpha value is -3.52. The van der Waals surface area contributed by atoms with Crippen LogP contribution >= 0.6 is 11.6 Å². The summed E-state index contributed by atoms with van der Waals surface area (Å²) in [5, 5.41) is 11.2. The molecular formula is C20H18ClN3O5. The summed E-state index contributed by atoms with van der Waals surface area (Å²) in [5.74, 6) is -1.47. The van der Waals surface area contributed by atoms with Gasteiger partial charge in [0.1, 0.15) is 0 Å². The number of non-ortho nitro benzene ring substituents is 1. The molecule has 1 aromatic carbocycles. The number of halogens is 1. The second kappa shape index (κ2) is 9.61. The van der Waals surface area contributed by atoms with Gasteiger partial charge in [-0.2, -0.15) is 0 Å². The Labute approximate surface area is 171 Å². The van der Waals surface area contributed by atoms with Crippen molar-refractivity contribution in [3.05, 3.63) is 99.0 Å². The number of hydrogen-bond donors (Lipinski definition) is 0. The zero-order valence-corrected chi connectivity index (χ0v) is 16.1. The lowest BCUT2D eigenvalue weighted by Gasteiger charge is -2.26. The van der Waals surface area contributed by atoms with Gasteiger partial charge in [0.15, 0.2) is 11.8 Å². The summed E-state index contributed by atoms with van der Waals surface area (Å²) in [6.07, 6.45) is 4.12. The van der Waals surface area contributed by atoms with Crippen LogP contribution in [0, 0.1) is 10.1 Å². The van der Waals surface area contributed by atoms with Gasteiger partial charge in [-0.25, -0.2) is 0 Å². The molecule has 0 saturated heterocycles. The topological polar surface area (TPSA) is 103 Å². The molecule has 9 heteroatoms. The molecule has 1 aromatic heterocycles. The largest absolute Gasteiger partial charge is 0.333 e. The highest BCUT2D eigenvalue weighted by atomic mass is 35.5. The van der Waals surface area contributed by atoms with Gasteiger partial charge < -0.3 is 4.90 Å². The Morgan fingerprint density at radius 1 is 1.21 bits per heavy atom. The molecule has 0 aliphatic rings. The minimum Gasteiger partial charge on any atom is -0.333 e. The average Bonchev–Trinajstić information content (AvgIpc) is 2.70. The first-order valence-electron chi connectivity index (χ1n) is 8.47. The maximum Gasteiger partial charge on any atom is 0.270 e. The van der Waals surface area contributed by atoms with Crippen LogP contribution in [-0.4, -0.2) is 39.2 Å². The number of nitro groups is 1. The van der Waals surface area contributed by atoms with Gasteiger partial charge in [-0.05, 0) is 6.07 Å². The Morgan fingerprint density at radius 3 is 2.45 bits per heavy atom. The van der Waals surface area contributed by atoms with Crippen LogP contribution in [0.4, 0.5) is 5.69 Å². The molecule has 1 heterocycles. The normalized spacial score (nSPS) is 11.3. The van der Waals surface area contributed by atoms with E-state index in [0.29, 0.717) is 0 Å². The zero-order chi connectivity index (χ0) is 21.6. The van der Waals surface area contributed by atoms with E-state index in [4.69, 9.17) is 11.6 Å². The molecule has 8 nitrogen and oxygen atoms in total. The summed E-state index contributed by atoms with van der Waals surface area (Å²) in [5.41, 5.74) is -1.01. The lowest BCUT2D eigenvalue weighted by molar-refractivity contribution is -0.384. The number of carbonyl (C=O) groups is 2. The summed E-state index contributed by atoms with van der Waals surface area (Å²) in [6, 6.07) is 5.84. The maximum atomic E-state index is 13.2. The van der Waals surface area contributed by atoms with E-state index in [-0.39, 0.29) is 29.4 Å². The monoisotopic (exact) mass is 415 g/mol. The van der Waals surface area contributed by atoms with Crippen molar-refractivity contribution in [1.82, 2.24) is 9.47 Å². The van der Waals surface area contributed by atoms with Crippen LogP contribution in [0.5, 0.6) is 0 Å². The van der Waals surface area contributed by atoms with E-state index in [1.54, 1.807) is 0 Å². The number of rotatable bonds is 9. The maximum absolute atomic E-state index is 13.2. The first-order valence-corrected chi connectivity index (χ1v) is 8.85. The molecule has 0 bridgehead atoms. The summed E-state index contributed by atoms with van der Waals surface area (Å²) in [4.78, 5) is 50.5. The van der Waals surface area contributed by atoms with E-state index < -0.39 is 28.2 Å². The molecule has 0 saturated carbocycles. The summed E-state index contributed by atoms with van der Waals surface area (Å²) in [7, 11) is 0. The number of pyridine rings is 1. The second-order valence-electron chi connectivity index (χ2n) is 5.99. The minimum atomic E-state index is -1.59. The first-order chi connectivity index (χ1) is 13.8. The first kappa shape index (κ1) is 21.8. The fourth-order valence-electron chi connectivity index (χ4n) is 2.71. The number of aromatic nitrogens is 1. The van der Waals surface area contributed by atoms with Crippen LogP contribution in [0.25, 0.3) is 0 Å². The highest BCUT2D eigenvalue weighted by Gasteiger charge is 2.33. The lowest BCUT2D eigenvalue weighted by Crippen LogP contribution is -2.44. The molecule has 1 atom stereocenters. The number of nitrogens with zero attached hydrogens (tertiary/aromatic N) is 3. The highest BCUT2D eigenvalue weighted by Crippen LogP contribution is 2.21. The fraction of sp³-hybridized carbons (Fsp3) is 0.150. The molecule has 0 radical (unpaired) electrons. The Kier molecular flexibility index (Phi) is 7.21. The molecule has 29 heavy (non-hydrogen) atoms.